The van der Waals surface area contributed by atoms with Crippen LogP contribution in [0.2, 0.25) is 5.02 Å². The van der Waals surface area contributed by atoms with Crippen LogP contribution in [-0.4, -0.2) is 10.9 Å². The molecule has 0 aliphatic carbocycles. The van der Waals surface area contributed by atoms with Crippen molar-refractivity contribution in [1.29, 1.82) is 0 Å². The zero-order valence-corrected chi connectivity index (χ0v) is 10.6. The highest BCUT2D eigenvalue weighted by molar-refractivity contribution is 6.33. The van der Waals surface area contributed by atoms with Gasteiger partial charge in [-0.3, -0.25) is 0 Å². The van der Waals surface area contributed by atoms with Crippen molar-refractivity contribution >= 4 is 17.5 Å². The minimum Gasteiger partial charge on any atom is -0.449 e. The van der Waals surface area contributed by atoms with Crippen LogP contribution in [0.1, 0.15) is 13.8 Å². The minimum absolute atomic E-state index is 0.235. The molecule has 1 aliphatic rings. The lowest BCUT2D eigenvalue weighted by Crippen LogP contribution is -2.29. The Balaban J connectivity index is 2.09. The van der Waals surface area contributed by atoms with Crippen molar-refractivity contribution in [3.05, 3.63) is 23.2 Å². The van der Waals surface area contributed by atoms with Crippen molar-refractivity contribution in [2.45, 2.75) is 19.6 Å². The Morgan fingerprint density at radius 3 is 2.44 bits per heavy atom. The van der Waals surface area contributed by atoms with Crippen molar-refractivity contribution in [2.24, 2.45) is 0 Å². The van der Waals surface area contributed by atoms with Crippen LogP contribution in [0.3, 0.4) is 0 Å². The maximum Gasteiger partial charge on any atom is 0.246 e. The Morgan fingerprint density at radius 2 is 1.83 bits per heavy atom. The molecule has 2 N–H and O–H groups in total. The zero-order chi connectivity index (χ0) is 12.9. The number of halogens is 1. The summed E-state index contributed by atoms with van der Waals surface area (Å²) < 4.78 is 16.1. The quantitative estimate of drug-likeness (QED) is 0.859. The number of benzene rings is 1. The Hall–Kier alpha value is -1.88. The lowest BCUT2D eigenvalue weighted by Gasteiger charge is -2.16. The molecule has 1 aliphatic heterocycles. The Bertz CT molecular complexity index is 622. The standard InChI is InChI=1S/C12H11ClN2O3/c1-12(2)16-9-3-6(7(13)4-10(9)17-12)8-5-11(14)18-15-8/h3-5H,14H2,1-2H3. The van der Waals surface area contributed by atoms with Gasteiger partial charge in [0.1, 0.15) is 5.69 Å². The van der Waals surface area contributed by atoms with E-state index in [1.165, 1.54) is 0 Å². The summed E-state index contributed by atoms with van der Waals surface area (Å²) in [6.45, 7) is 3.66. The highest BCUT2D eigenvalue weighted by atomic mass is 35.5. The molecule has 0 saturated heterocycles. The first-order valence-electron chi connectivity index (χ1n) is 5.39. The number of nitrogens with zero attached hydrogens (tertiary/aromatic N) is 1. The largest absolute Gasteiger partial charge is 0.449 e. The zero-order valence-electron chi connectivity index (χ0n) is 9.86. The molecular formula is C12H11ClN2O3. The van der Waals surface area contributed by atoms with Gasteiger partial charge in [0.2, 0.25) is 11.7 Å². The second-order valence-corrected chi connectivity index (χ2v) is 4.90. The predicted molar refractivity (Wildman–Crippen MR) is 66.7 cm³/mol. The smallest absolute Gasteiger partial charge is 0.246 e. The van der Waals surface area contributed by atoms with Crippen LogP contribution >= 0.6 is 11.6 Å². The number of nitrogen functional groups attached to an aromatic ring is 1. The van der Waals surface area contributed by atoms with E-state index in [1.807, 2.05) is 13.8 Å². The maximum atomic E-state index is 6.19. The van der Waals surface area contributed by atoms with Gasteiger partial charge in [-0.25, -0.2) is 0 Å². The fraction of sp³-hybridized carbons (Fsp3) is 0.250. The number of hydrogen-bond acceptors (Lipinski definition) is 5. The minimum atomic E-state index is -0.687. The van der Waals surface area contributed by atoms with Crippen molar-refractivity contribution in [1.82, 2.24) is 5.16 Å². The number of nitrogens with two attached hydrogens (primary N) is 1. The third-order valence-corrected chi connectivity index (χ3v) is 2.86. The van der Waals surface area contributed by atoms with Gasteiger partial charge in [-0.2, -0.15) is 0 Å². The number of hydrogen-bond donors (Lipinski definition) is 1. The van der Waals surface area contributed by atoms with E-state index < -0.39 is 5.79 Å². The highest BCUT2D eigenvalue weighted by Crippen LogP contribution is 2.44. The molecule has 0 spiro atoms. The Kier molecular flexibility index (Phi) is 2.22. The molecule has 6 heteroatoms. The normalized spacial score (nSPS) is 15.9. The first-order chi connectivity index (χ1) is 8.44. The fourth-order valence-electron chi connectivity index (χ4n) is 1.86. The van der Waals surface area contributed by atoms with Crippen LogP contribution in [0.25, 0.3) is 11.3 Å². The number of ether oxygens (including phenoxy) is 2. The van der Waals surface area contributed by atoms with Crippen LogP contribution < -0.4 is 15.2 Å². The molecule has 18 heavy (non-hydrogen) atoms. The maximum absolute atomic E-state index is 6.19. The molecule has 2 heterocycles. The number of anilines is 1. The van der Waals surface area contributed by atoms with Gasteiger partial charge in [0.05, 0.1) is 5.02 Å². The van der Waals surface area contributed by atoms with E-state index in [4.69, 9.17) is 31.3 Å². The monoisotopic (exact) mass is 266 g/mol. The summed E-state index contributed by atoms with van der Waals surface area (Å²) in [5.74, 6) is 0.790. The Labute approximate surface area is 108 Å². The van der Waals surface area contributed by atoms with E-state index in [2.05, 4.69) is 5.16 Å². The van der Waals surface area contributed by atoms with Gasteiger partial charge in [0, 0.05) is 31.5 Å². The molecule has 1 aromatic carbocycles. The van der Waals surface area contributed by atoms with Crippen LogP contribution in [-0.2, 0) is 0 Å². The van der Waals surface area contributed by atoms with Gasteiger partial charge in [-0.05, 0) is 6.07 Å². The van der Waals surface area contributed by atoms with Gasteiger partial charge in [0.25, 0.3) is 0 Å². The summed E-state index contributed by atoms with van der Waals surface area (Å²) in [7, 11) is 0. The third kappa shape index (κ3) is 1.76. The molecule has 0 saturated carbocycles. The van der Waals surface area contributed by atoms with E-state index in [0.717, 1.165) is 0 Å². The number of rotatable bonds is 1. The second kappa shape index (κ2) is 3.55. The van der Waals surface area contributed by atoms with Crippen LogP contribution in [0, 0.1) is 0 Å². The lowest BCUT2D eigenvalue weighted by atomic mass is 10.1. The van der Waals surface area contributed by atoms with E-state index in [9.17, 15) is 0 Å². The van der Waals surface area contributed by atoms with E-state index >= 15 is 0 Å². The van der Waals surface area contributed by atoms with Crippen LogP contribution in [0.4, 0.5) is 5.88 Å². The molecule has 5 nitrogen and oxygen atoms in total. The number of fused-ring (bicyclic) bond motifs is 1. The van der Waals surface area contributed by atoms with Gasteiger partial charge in [0.15, 0.2) is 11.5 Å². The number of aromatic nitrogens is 1. The molecule has 1 aromatic heterocycles. The molecule has 0 unspecified atom stereocenters. The topological polar surface area (TPSA) is 70.5 Å². The molecule has 0 amide bonds. The van der Waals surface area contributed by atoms with E-state index in [1.54, 1.807) is 18.2 Å². The van der Waals surface area contributed by atoms with Gasteiger partial charge in [-0.1, -0.05) is 16.8 Å². The Morgan fingerprint density at radius 1 is 1.17 bits per heavy atom. The molecule has 2 aromatic rings. The molecule has 0 fully saturated rings. The van der Waals surface area contributed by atoms with Gasteiger partial charge in [-0.15, -0.1) is 0 Å². The summed E-state index contributed by atoms with van der Waals surface area (Å²) >= 11 is 6.19. The molecule has 0 bridgehead atoms. The van der Waals surface area contributed by atoms with Crippen molar-refractivity contribution < 1.29 is 14.0 Å². The van der Waals surface area contributed by atoms with Gasteiger partial charge < -0.3 is 19.7 Å². The van der Waals surface area contributed by atoms with E-state index in [-0.39, 0.29) is 5.88 Å². The average molecular weight is 267 g/mol. The predicted octanol–water partition coefficient (Wildman–Crippen LogP) is 3.08. The molecule has 3 rings (SSSR count). The highest BCUT2D eigenvalue weighted by Gasteiger charge is 2.32. The second-order valence-electron chi connectivity index (χ2n) is 4.50. The SMILES string of the molecule is CC1(C)Oc2cc(Cl)c(-c3cc(N)on3)cc2O1. The first kappa shape index (κ1) is 11.2. The summed E-state index contributed by atoms with van der Waals surface area (Å²) in [5.41, 5.74) is 6.75. The summed E-state index contributed by atoms with van der Waals surface area (Å²) in [5, 5.41) is 4.33. The molecular weight excluding hydrogens is 256 g/mol. The van der Waals surface area contributed by atoms with Gasteiger partial charge >= 0.3 is 0 Å². The third-order valence-electron chi connectivity index (χ3n) is 2.55. The van der Waals surface area contributed by atoms with Crippen molar-refractivity contribution in [3.63, 3.8) is 0 Å². The summed E-state index contributed by atoms with van der Waals surface area (Å²) in [4.78, 5) is 0. The summed E-state index contributed by atoms with van der Waals surface area (Å²) in [6, 6.07) is 5.07. The first-order valence-corrected chi connectivity index (χ1v) is 5.76. The van der Waals surface area contributed by atoms with Crippen LogP contribution in [0.5, 0.6) is 11.5 Å². The van der Waals surface area contributed by atoms with Crippen molar-refractivity contribution in [2.75, 3.05) is 5.73 Å². The van der Waals surface area contributed by atoms with Crippen LogP contribution in [0.15, 0.2) is 22.7 Å². The van der Waals surface area contributed by atoms with E-state index in [0.29, 0.717) is 27.8 Å². The average Bonchev–Trinajstić information content (AvgIpc) is 2.79. The fourth-order valence-corrected chi connectivity index (χ4v) is 2.11. The molecule has 0 radical (unpaired) electrons. The van der Waals surface area contributed by atoms with Crippen molar-refractivity contribution in [3.8, 4) is 22.8 Å². The lowest BCUT2D eigenvalue weighted by molar-refractivity contribution is -0.0431. The molecule has 0 atom stereocenters. The summed E-state index contributed by atoms with van der Waals surface area (Å²) in [6.07, 6.45) is 0. The molecule has 94 valence electrons.